The summed E-state index contributed by atoms with van der Waals surface area (Å²) in [7, 11) is 0. The third kappa shape index (κ3) is 6.22. The lowest BCUT2D eigenvalue weighted by Gasteiger charge is -2.06. The molecule has 1 aromatic heterocycles. The van der Waals surface area contributed by atoms with Gasteiger partial charge in [0.25, 0.3) is 5.91 Å². The van der Waals surface area contributed by atoms with Crippen LogP contribution in [0.5, 0.6) is 0 Å². The lowest BCUT2D eigenvalue weighted by Crippen LogP contribution is -2.13. The van der Waals surface area contributed by atoms with E-state index in [0.717, 1.165) is 11.3 Å². The first-order chi connectivity index (χ1) is 15.8. The first-order valence-corrected chi connectivity index (χ1v) is 11.5. The van der Waals surface area contributed by atoms with Crippen molar-refractivity contribution >= 4 is 69.1 Å². The van der Waals surface area contributed by atoms with Gasteiger partial charge < -0.3 is 15.4 Å². The highest BCUT2D eigenvalue weighted by Gasteiger charge is 2.26. The van der Waals surface area contributed by atoms with Crippen LogP contribution in [0.15, 0.2) is 54.6 Å². The number of carbonyl (C=O) groups excluding carboxylic acids is 3. The van der Waals surface area contributed by atoms with E-state index < -0.39 is 17.8 Å². The van der Waals surface area contributed by atoms with Gasteiger partial charge in [-0.2, -0.15) is 0 Å². The Balaban J connectivity index is 1.87. The van der Waals surface area contributed by atoms with E-state index in [9.17, 15) is 14.4 Å². The van der Waals surface area contributed by atoms with Crippen LogP contribution in [0.2, 0.25) is 10.0 Å². The molecule has 9 heteroatoms. The molecule has 3 aromatic rings. The number of carbonyl (C=O) groups is 3. The summed E-state index contributed by atoms with van der Waals surface area (Å²) in [4.78, 5) is 38.3. The summed E-state index contributed by atoms with van der Waals surface area (Å²) in [6, 6.07) is 13.8. The van der Waals surface area contributed by atoms with Gasteiger partial charge in [-0.1, -0.05) is 47.5 Å². The van der Waals surface area contributed by atoms with E-state index >= 15 is 0 Å². The summed E-state index contributed by atoms with van der Waals surface area (Å²) in [5, 5.41) is 6.56. The monoisotopic (exact) mass is 502 g/mol. The van der Waals surface area contributed by atoms with Crippen molar-refractivity contribution in [3.63, 3.8) is 0 Å². The smallest absolute Gasteiger partial charge is 0.341 e. The summed E-state index contributed by atoms with van der Waals surface area (Å²) in [5.74, 6) is -1.51. The van der Waals surface area contributed by atoms with Crippen LogP contribution in [0.1, 0.15) is 38.1 Å². The van der Waals surface area contributed by atoms with E-state index in [1.54, 1.807) is 56.3 Å². The van der Waals surface area contributed by atoms with Crippen LogP contribution in [-0.4, -0.2) is 24.4 Å². The molecular formula is C24H20Cl2N2O4S. The van der Waals surface area contributed by atoms with Crippen molar-refractivity contribution in [2.24, 2.45) is 0 Å². The van der Waals surface area contributed by atoms with Gasteiger partial charge in [0.1, 0.15) is 5.00 Å². The molecule has 0 radical (unpaired) electrons. The maximum atomic E-state index is 12.8. The number of ether oxygens (including phenoxy) is 1. The van der Waals surface area contributed by atoms with Crippen LogP contribution < -0.4 is 10.6 Å². The Morgan fingerprint density at radius 1 is 1.06 bits per heavy atom. The van der Waals surface area contributed by atoms with Crippen molar-refractivity contribution in [2.45, 2.75) is 13.8 Å². The van der Waals surface area contributed by atoms with Gasteiger partial charge >= 0.3 is 5.97 Å². The van der Waals surface area contributed by atoms with E-state index in [1.807, 2.05) is 6.07 Å². The molecule has 0 unspecified atom stereocenters. The van der Waals surface area contributed by atoms with E-state index in [2.05, 4.69) is 10.6 Å². The second-order valence-corrected chi connectivity index (χ2v) is 8.65. The molecule has 33 heavy (non-hydrogen) atoms. The fraction of sp³-hybridized carbons (Fsp3) is 0.125. The predicted octanol–water partition coefficient (Wildman–Crippen LogP) is 6.44. The van der Waals surface area contributed by atoms with Crippen LogP contribution in [0.25, 0.3) is 6.08 Å². The molecule has 2 amide bonds. The Morgan fingerprint density at radius 3 is 2.45 bits per heavy atom. The molecule has 0 aliphatic rings. The van der Waals surface area contributed by atoms with Crippen LogP contribution in [0, 0.1) is 6.92 Å². The minimum atomic E-state index is -0.620. The van der Waals surface area contributed by atoms with Crippen molar-refractivity contribution in [2.75, 3.05) is 17.2 Å². The highest BCUT2D eigenvalue weighted by molar-refractivity contribution is 7.19. The first-order valence-electron chi connectivity index (χ1n) is 9.91. The second kappa shape index (κ2) is 11.1. The lowest BCUT2D eigenvalue weighted by molar-refractivity contribution is -0.111. The summed E-state index contributed by atoms with van der Waals surface area (Å²) < 4.78 is 5.14. The van der Waals surface area contributed by atoms with Gasteiger partial charge in [0, 0.05) is 21.8 Å². The molecule has 170 valence electrons. The number of para-hydroxylation sites is 1. The van der Waals surface area contributed by atoms with Gasteiger partial charge in [0.05, 0.1) is 17.0 Å². The minimum Gasteiger partial charge on any atom is -0.462 e. The first kappa shape index (κ1) is 24.5. The van der Waals surface area contributed by atoms with Gasteiger partial charge in [-0.15, -0.1) is 11.3 Å². The maximum absolute atomic E-state index is 12.8. The topological polar surface area (TPSA) is 84.5 Å². The zero-order valence-corrected chi connectivity index (χ0v) is 20.1. The van der Waals surface area contributed by atoms with Gasteiger partial charge in [-0.3, -0.25) is 9.59 Å². The standard InChI is InChI=1S/C24H20Cl2N2O4S/c1-3-32-24(31)20-14(2)21(22(30)27-17-7-5-4-6-8-17)33-23(20)28-19(29)12-10-15-9-11-16(25)13-18(15)26/h4-13H,3H2,1-2H3,(H,27,30)(H,28,29)/b12-10-. The SMILES string of the molecule is CCOC(=O)c1c(NC(=O)/C=C\c2ccc(Cl)cc2Cl)sc(C(=O)Nc2ccccc2)c1C. The molecule has 3 rings (SSSR count). The van der Waals surface area contributed by atoms with Crippen molar-refractivity contribution in [1.82, 2.24) is 0 Å². The number of anilines is 2. The fourth-order valence-electron chi connectivity index (χ4n) is 2.93. The van der Waals surface area contributed by atoms with Gasteiger partial charge in [0.15, 0.2) is 0 Å². The second-order valence-electron chi connectivity index (χ2n) is 6.79. The molecular weight excluding hydrogens is 483 g/mol. The predicted molar refractivity (Wildman–Crippen MR) is 134 cm³/mol. The molecule has 0 fully saturated rings. The van der Waals surface area contributed by atoms with Crippen LogP contribution in [-0.2, 0) is 9.53 Å². The minimum absolute atomic E-state index is 0.145. The van der Waals surface area contributed by atoms with Crippen LogP contribution in [0.4, 0.5) is 10.7 Å². The van der Waals surface area contributed by atoms with Gasteiger partial charge in [-0.25, -0.2) is 4.79 Å². The normalized spacial score (nSPS) is 10.8. The Bertz CT molecular complexity index is 1220. The molecule has 0 atom stereocenters. The molecule has 0 spiro atoms. The summed E-state index contributed by atoms with van der Waals surface area (Å²) in [5.41, 5.74) is 1.78. The number of amides is 2. The van der Waals surface area contributed by atoms with Gasteiger partial charge in [-0.05, 0) is 55.3 Å². The molecule has 2 aromatic carbocycles. The van der Waals surface area contributed by atoms with Crippen LogP contribution in [0.3, 0.4) is 0 Å². The zero-order valence-electron chi connectivity index (χ0n) is 17.8. The number of thiophene rings is 1. The number of rotatable bonds is 7. The van der Waals surface area contributed by atoms with E-state index in [0.29, 0.717) is 31.7 Å². The van der Waals surface area contributed by atoms with Gasteiger partial charge in [0.2, 0.25) is 5.91 Å². The molecule has 1 heterocycles. The summed E-state index contributed by atoms with van der Waals surface area (Å²) >= 11 is 13.0. The van der Waals surface area contributed by atoms with Crippen molar-refractivity contribution in [3.05, 3.63) is 86.2 Å². The Kier molecular flexibility index (Phi) is 8.27. The average molecular weight is 503 g/mol. The highest BCUT2D eigenvalue weighted by Crippen LogP contribution is 2.34. The Labute approximate surface area is 205 Å². The number of hydrogen-bond donors (Lipinski definition) is 2. The van der Waals surface area contributed by atoms with Crippen molar-refractivity contribution in [3.8, 4) is 0 Å². The van der Waals surface area contributed by atoms with Crippen LogP contribution >= 0.6 is 34.5 Å². The highest BCUT2D eigenvalue weighted by atomic mass is 35.5. The average Bonchev–Trinajstić information content (AvgIpc) is 3.09. The Morgan fingerprint density at radius 2 is 1.79 bits per heavy atom. The largest absolute Gasteiger partial charge is 0.462 e. The quantitative estimate of drug-likeness (QED) is 0.287. The number of esters is 1. The summed E-state index contributed by atoms with van der Waals surface area (Å²) in [6.07, 6.45) is 2.81. The molecule has 0 saturated heterocycles. The maximum Gasteiger partial charge on any atom is 0.341 e. The molecule has 0 aliphatic heterocycles. The van der Waals surface area contributed by atoms with Crippen molar-refractivity contribution in [1.29, 1.82) is 0 Å². The van der Waals surface area contributed by atoms with E-state index in [4.69, 9.17) is 27.9 Å². The molecule has 6 nitrogen and oxygen atoms in total. The molecule has 0 bridgehead atoms. The van der Waals surface area contributed by atoms with E-state index in [1.165, 1.54) is 12.2 Å². The third-order valence-corrected chi connectivity index (χ3v) is 6.25. The molecule has 2 N–H and O–H groups in total. The molecule has 0 saturated carbocycles. The van der Waals surface area contributed by atoms with E-state index in [-0.39, 0.29) is 17.2 Å². The lowest BCUT2D eigenvalue weighted by atomic mass is 10.1. The number of benzene rings is 2. The summed E-state index contributed by atoms with van der Waals surface area (Å²) in [6.45, 7) is 3.48. The number of nitrogens with one attached hydrogen (secondary N) is 2. The molecule has 0 aliphatic carbocycles. The van der Waals surface area contributed by atoms with Crippen molar-refractivity contribution < 1.29 is 19.1 Å². The number of halogens is 2. The third-order valence-electron chi connectivity index (χ3n) is 4.48. The Hall–Kier alpha value is -3.13. The number of hydrogen-bond acceptors (Lipinski definition) is 5. The fourth-order valence-corrected chi connectivity index (χ4v) is 4.50. The zero-order chi connectivity index (χ0) is 24.0.